The van der Waals surface area contributed by atoms with Gasteiger partial charge >= 0.3 is 17.7 Å². The molecule has 0 radical (unpaired) electrons. The van der Waals surface area contributed by atoms with Gasteiger partial charge in [-0.2, -0.15) is 8.78 Å². The largest absolute Gasteiger partial charge is 0.402 e. The van der Waals surface area contributed by atoms with Gasteiger partial charge < -0.3 is 4.90 Å². The van der Waals surface area contributed by atoms with Crippen molar-refractivity contribution in [1.82, 2.24) is 4.72 Å². The summed E-state index contributed by atoms with van der Waals surface area (Å²) in [6.45, 7) is 1.32. The minimum atomic E-state index is -4.61. The van der Waals surface area contributed by atoms with Gasteiger partial charge in [-0.3, -0.25) is 9.59 Å². The lowest BCUT2D eigenvalue weighted by Gasteiger charge is -2.26. The first kappa shape index (κ1) is 23.1. The summed E-state index contributed by atoms with van der Waals surface area (Å²) in [5.74, 6) is -8.66. The molecule has 3 aromatic rings. The minimum Gasteiger partial charge on any atom is -0.306 e. The highest BCUT2D eigenvalue weighted by Gasteiger charge is 2.51. The molecule has 166 valence electrons. The van der Waals surface area contributed by atoms with Gasteiger partial charge in [-0.1, -0.05) is 66.7 Å². The molecule has 0 unspecified atom stereocenters. The maximum absolute atomic E-state index is 14.7. The number of carbonyl (C=O) groups is 2. The number of halogens is 2. The fraction of sp³-hybridized carbons (Fsp3) is 0.130. The Balaban J connectivity index is 1.84. The van der Waals surface area contributed by atoms with Crippen LogP contribution in [-0.2, 0) is 19.6 Å². The smallest absolute Gasteiger partial charge is 0.306 e. The van der Waals surface area contributed by atoms with Gasteiger partial charge in [0.05, 0.1) is 11.1 Å². The first-order chi connectivity index (χ1) is 15.2. The number of alkyl halides is 2. The second kappa shape index (κ2) is 9.27. The third-order valence-corrected chi connectivity index (χ3v) is 5.61. The molecule has 0 bridgehead atoms. The Kier molecular flexibility index (Phi) is 6.69. The van der Waals surface area contributed by atoms with Crippen LogP contribution in [0.1, 0.15) is 12.5 Å². The summed E-state index contributed by atoms with van der Waals surface area (Å²) < 4.78 is 54.9. The molecule has 0 saturated heterocycles. The van der Waals surface area contributed by atoms with Gasteiger partial charge in [-0.05, 0) is 30.0 Å². The maximum Gasteiger partial charge on any atom is 0.402 e. The van der Waals surface area contributed by atoms with Crippen molar-refractivity contribution in [3.05, 3.63) is 83.8 Å². The van der Waals surface area contributed by atoms with Crippen LogP contribution in [-0.4, -0.2) is 32.7 Å². The number of benzene rings is 3. The van der Waals surface area contributed by atoms with Gasteiger partial charge in [0.25, 0.3) is 10.0 Å². The topological polar surface area (TPSA) is 83.6 Å². The molecule has 0 fully saturated rings. The van der Waals surface area contributed by atoms with E-state index in [1.54, 1.807) is 66.7 Å². The summed E-state index contributed by atoms with van der Waals surface area (Å²) in [7, 11) is -4.56. The van der Waals surface area contributed by atoms with Gasteiger partial charge in [-0.25, -0.2) is 13.1 Å². The van der Waals surface area contributed by atoms with Crippen molar-refractivity contribution in [2.24, 2.45) is 0 Å². The summed E-state index contributed by atoms with van der Waals surface area (Å²) in [6.07, 6.45) is 1.14. The Morgan fingerprint density at radius 2 is 1.59 bits per heavy atom. The molecule has 6 nitrogen and oxygen atoms in total. The Hall–Kier alpha value is -3.59. The molecule has 0 aromatic heterocycles. The normalized spacial score (nSPS) is 12.1. The van der Waals surface area contributed by atoms with Crippen molar-refractivity contribution in [3.63, 3.8) is 0 Å². The molecule has 3 aromatic carbocycles. The summed E-state index contributed by atoms with van der Waals surface area (Å²) in [5.41, 5.74) is 0.677. The molecule has 0 saturated carbocycles. The lowest BCUT2D eigenvalue weighted by atomic mass is 10.1. The highest BCUT2D eigenvalue weighted by atomic mass is 32.2. The Morgan fingerprint density at radius 1 is 0.969 bits per heavy atom. The van der Waals surface area contributed by atoms with E-state index in [2.05, 4.69) is 0 Å². The van der Waals surface area contributed by atoms with Crippen LogP contribution >= 0.6 is 0 Å². The molecule has 9 heteroatoms. The molecular weight excluding hydrogens is 438 g/mol. The number of rotatable bonds is 7. The molecule has 0 aliphatic rings. The molecule has 0 heterocycles. The summed E-state index contributed by atoms with van der Waals surface area (Å²) in [4.78, 5) is 25.5. The fourth-order valence-corrected chi connectivity index (χ4v) is 3.88. The summed E-state index contributed by atoms with van der Waals surface area (Å²) in [5, 5.41) is 1.85. The van der Waals surface area contributed by atoms with Crippen molar-refractivity contribution in [2.75, 3.05) is 11.4 Å². The van der Waals surface area contributed by atoms with Crippen molar-refractivity contribution in [1.29, 1.82) is 0 Å². The van der Waals surface area contributed by atoms with Gasteiger partial charge in [0.2, 0.25) is 0 Å². The lowest BCUT2D eigenvalue weighted by Crippen LogP contribution is -2.53. The number of sulfonamides is 1. The van der Waals surface area contributed by atoms with Crippen molar-refractivity contribution >= 4 is 44.4 Å². The predicted octanol–water partition coefficient (Wildman–Crippen LogP) is 3.94. The number of fused-ring (bicyclic) bond motifs is 1. The van der Waals surface area contributed by atoms with Gasteiger partial charge in [-0.15, -0.1) is 0 Å². The molecule has 0 atom stereocenters. The molecule has 2 amide bonds. The molecular formula is C23H20F2N2O4S. The Labute approximate surface area is 184 Å². The minimum absolute atomic E-state index is 0.156. The van der Waals surface area contributed by atoms with E-state index in [0.717, 1.165) is 16.4 Å². The first-order valence-corrected chi connectivity index (χ1v) is 11.2. The van der Waals surface area contributed by atoms with Crippen LogP contribution in [0.2, 0.25) is 0 Å². The SMILES string of the molecule is CCN(C(=O)C(F)(F)C(=O)NS(=O)(=O)/C=C/c1ccccc1)c1cccc2ccccc12. The molecule has 0 aliphatic carbocycles. The Morgan fingerprint density at radius 3 is 2.28 bits per heavy atom. The molecule has 1 N–H and O–H groups in total. The number of carbonyl (C=O) groups excluding carboxylic acids is 2. The summed E-state index contributed by atoms with van der Waals surface area (Å²) in [6, 6.07) is 19.9. The number of hydrogen-bond donors (Lipinski definition) is 1. The number of amides is 2. The molecule has 0 aliphatic heterocycles. The summed E-state index contributed by atoms with van der Waals surface area (Å²) >= 11 is 0. The predicted molar refractivity (Wildman–Crippen MR) is 119 cm³/mol. The van der Waals surface area contributed by atoms with Crippen molar-refractivity contribution in [3.8, 4) is 0 Å². The van der Waals surface area contributed by atoms with Crippen molar-refractivity contribution < 1.29 is 26.8 Å². The van der Waals surface area contributed by atoms with Gasteiger partial charge in [0.1, 0.15) is 0 Å². The third kappa shape index (κ3) is 5.00. The van der Waals surface area contributed by atoms with Crippen LogP contribution in [0.25, 0.3) is 16.8 Å². The lowest BCUT2D eigenvalue weighted by molar-refractivity contribution is -0.156. The zero-order valence-electron chi connectivity index (χ0n) is 17.0. The second-order valence-corrected chi connectivity index (χ2v) is 8.38. The van der Waals surface area contributed by atoms with E-state index in [1.807, 2.05) is 0 Å². The van der Waals surface area contributed by atoms with Crippen LogP contribution in [0.3, 0.4) is 0 Å². The van der Waals surface area contributed by atoms with Gasteiger partial charge in [0.15, 0.2) is 0 Å². The zero-order chi connectivity index (χ0) is 23.4. The van der Waals surface area contributed by atoms with E-state index in [0.29, 0.717) is 16.4 Å². The second-order valence-electron chi connectivity index (χ2n) is 6.81. The number of anilines is 1. The average Bonchev–Trinajstić information content (AvgIpc) is 2.78. The van der Waals surface area contributed by atoms with E-state index >= 15 is 0 Å². The average molecular weight is 458 g/mol. The Bertz CT molecular complexity index is 1270. The van der Waals surface area contributed by atoms with E-state index in [9.17, 15) is 26.8 Å². The van der Waals surface area contributed by atoms with Crippen LogP contribution in [0.5, 0.6) is 0 Å². The van der Waals surface area contributed by atoms with E-state index in [-0.39, 0.29) is 12.2 Å². The van der Waals surface area contributed by atoms with Crippen molar-refractivity contribution in [2.45, 2.75) is 12.8 Å². The number of hydrogen-bond acceptors (Lipinski definition) is 4. The third-order valence-electron chi connectivity index (χ3n) is 4.65. The molecule has 32 heavy (non-hydrogen) atoms. The van der Waals surface area contributed by atoms with Crippen LogP contribution in [0.4, 0.5) is 14.5 Å². The highest BCUT2D eigenvalue weighted by Crippen LogP contribution is 2.30. The molecule has 0 spiro atoms. The first-order valence-electron chi connectivity index (χ1n) is 9.63. The fourth-order valence-electron chi connectivity index (χ4n) is 3.09. The number of nitrogens with zero attached hydrogens (tertiary/aromatic N) is 1. The van der Waals surface area contributed by atoms with Crippen LogP contribution in [0, 0.1) is 0 Å². The number of nitrogens with one attached hydrogen (secondary N) is 1. The van der Waals surface area contributed by atoms with Crippen LogP contribution in [0.15, 0.2) is 78.2 Å². The van der Waals surface area contributed by atoms with Crippen LogP contribution < -0.4 is 9.62 Å². The van der Waals surface area contributed by atoms with Gasteiger partial charge in [0, 0.05) is 11.9 Å². The van der Waals surface area contributed by atoms with E-state index in [4.69, 9.17) is 0 Å². The quantitative estimate of drug-likeness (QED) is 0.544. The van der Waals surface area contributed by atoms with E-state index < -0.39 is 27.8 Å². The molecule has 3 rings (SSSR count). The highest BCUT2D eigenvalue weighted by molar-refractivity contribution is 7.93. The van der Waals surface area contributed by atoms with E-state index in [1.165, 1.54) is 17.7 Å². The standard InChI is InChI=1S/C23H20F2N2O4S/c1-2-27(20-14-8-12-18-11-6-7-13-19(18)20)22(29)23(24,25)21(28)26-32(30,31)16-15-17-9-4-3-5-10-17/h3-16H,2H2,1H3,(H,26,28)/b16-15+. The zero-order valence-corrected chi connectivity index (χ0v) is 17.9. The monoisotopic (exact) mass is 458 g/mol. The maximum atomic E-state index is 14.7.